The van der Waals surface area contributed by atoms with E-state index < -0.39 is 6.11 Å². The van der Waals surface area contributed by atoms with Gasteiger partial charge in [0.2, 0.25) is 0 Å². The van der Waals surface area contributed by atoms with Crippen molar-refractivity contribution in [2.45, 2.75) is 129 Å². The van der Waals surface area contributed by atoms with Crippen LogP contribution in [-0.4, -0.2) is 16.1 Å². The first kappa shape index (κ1) is 29.2. The van der Waals surface area contributed by atoms with Gasteiger partial charge in [-0.3, -0.25) is 0 Å². The summed E-state index contributed by atoms with van der Waals surface area (Å²) in [5.41, 5.74) is 1.94. The Morgan fingerprint density at radius 2 is 1.14 bits per heavy atom. The number of aromatic nitrogens is 2. The van der Waals surface area contributed by atoms with Crippen LogP contribution >= 0.6 is 0 Å². The molecule has 0 aliphatic heterocycles. The minimum atomic E-state index is -3.14. The van der Waals surface area contributed by atoms with E-state index in [2.05, 4.69) is 23.8 Å². The number of ether oxygens (including phenoxy) is 1. The quantitative estimate of drug-likeness (QED) is 0.174. The summed E-state index contributed by atoms with van der Waals surface area (Å²) < 4.78 is 33.4. The second kappa shape index (κ2) is 17.4. The molecule has 0 fully saturated rings. The van der Waals surface area contributed by atoms with E-state index in [1.807, 2.05) is 12.4 Å². The Morgan fingerprint density at radius 1 is 0.657 bits per heavy atom. The number of hydrogen-bond acceptors (Lipinski definition) is 3. The molecule has 0 aliphatic rings. The summed E-state index contributed by atoms with van der Waals surface area (Å²) in [4.78, 5) is 8.95. The van der Waals surface area contributed by atoms with Gasteiger partial charge in [0.15, 0.2) is 5.82 Å². The maximum absolute atomic E-state index is 14.2. The Balaban J connectivity index is 1.69. The van der Waals surface area contributed by atoms with Crippen LogP contribution in [0, 0.1) is 0 Å². The lowest BCUT2D eigenvalue weighted by Crippen LogP contribution is -2.24. The second-order valence-electron chi connectivity index (χ2n) is 9.77. The molecule has 1 heterocycles. The van der Waals surface area contributed by atoms with Gasteiger partial charge < -0.3 is 4.74 Å². The molecule has 0 spiro atoms. The fraction of sp³-hybridized carbons (Fsp3) is 0.667. The molecule has 1 aromatic carbocycles. The molecule has 0 saturated carbocycles. The van der Waals surface area contributed by atoms with E-state index in [9.17, 15) is 8.78 Å². The van der Waals surface area contributed by atoms with Crippen LogP contribution in [0.5, 0.6) is 5.75 Å². The highest BCUT2D eigenvalue weighted by molar-refractivity contribution is 5.55. The fourth-order valence-corrected chi connectivity index (χ4v) is 4.28. The molecule has 1 aromatic heterocycles. The summed E-state index contributed by atoms with van der Waals surface area (Å²) >= 11 is 0. The summed E-state index contributed by atoms with van der Waals surface area (Å²) in [5.74, 6) is 0.777. The zero-order valence-corrected chi connectivity index (χ0v) is 22.0. The van der Waals surface area contributed by atoms with Gasteiger partial charge in [0.05, 0.1) is 6.42 Å². The number of benzene rings is 1. The first-order chi connectivity index (χ1) is 17.0. The first-order valence-electron chi connectivity index (χ1n) is 14.0. The van der Waals surface area contributed by atoms with E-state index in [0.29, 0.717) is 12.2 Å². The molecule has 0 atom stereocenters. The smallest absolute Gasteiger partial charge is 0.397 e. The molecule has 0 saturated heterocycles. The third-order valence-corrected chi connectivity index (χ3v) is 6.48. The van der Waals surface area contributed by atoms with E-state index in [-0.39, 0.29) is 12.2 Å². The number of halogens is 2. The summed E-state index contributed by atoms with van der Waals surface area (Å²) in [6.45, 7) is 4.43. The van der Waals surface area contributed by atoms with Gasteiger partial charge >= 0.3 is 6.11 Å². The van der Waals surface area contributed by atoms with Gasteiger partial charge in [-0.25, -0.2) is 9.97 Å². The number of aryl methyl sites for hydroxylation is 1. The number of unbranched alkanes of at least 4 members (excludes halogenated alkanes) is 13. The molecule has 0 bridgehead atoms. The molecule has 196 valence electrons. The van der Waals surface area contributed by atoms with Crippen LogP contribution in [0.1, 0.15) is 122 Å². The average Bonchev–Trinajstić information content (AvgIpc) is 2.86. The zero-order valence-electron chi connectivity index (χ0n) is 22.0. The number of rotatable bonds is 20. The molecule has 0 unspecified atom stereocenters. The topological polar surface area (TPSA) is 35.0 Å². The lowest BCUT2D eigenvalue weighted by Gasteiger charge is -2.18. The van der Waals surface area contributed by atoms with Crippen LogP contribution < -0.4 is 4.74 Å². The standard InChI is InChI=1S/C30H46F2N2O/c1-3-5-7-9-11-13-15-17-23-30(31,32)35-28-21-19-27(20-22-28)29-33-24-26(25-34-29)18-16-14-12-10-8-6-4-2/h19-22,24-25H,3-18,23H2,1-2H3. The van der Waals surface area contributed by atoms with Crippen molar-refractivity contribution in [2.75, 3.05) is 0 Å². The van der Waals surface area contributed by atoms with Crippen molar-refractivity contribution in [3.63, 3.8) is 0 Å². The number of nitrogens with zero attached hydrogens (tertiary/aromatic N) is 2. The summed E-state index contributed by atoms with van der Waals surface area (Å²) in [5, 5.41) is 0. The molecular formula is C30H46F2N2O. The third-order valence-electron chi connectivity index (χ3n) is 6.48. The van der Waals surface area contributed by atoms with Crippen molar-refractivity contribution in [3.8, 4) is 17.1 Å². The predicted octanol–water partition coefficient (Wildman–Crippen LogP) is 9.94. The highest BCUT2D eigenvalue weighted by Crippen LogP contribution is 2.28. The number of hydrogen-bond donors (Lipinski definition) is 0. The molecule has 0 amide bonds. The van der Waals surface area contributed by atoms with E-state index >= 15 is 0 Å². The van der Waals surface area contributed by atoms with Gasteiger partial charge in [0, 0.05) is 18.0 Å². The van der Waals surface area contributed by atoms with E-state index in [1.165, 1.54) is 64.2 Å². The Labute approximate surface area is 212 Å². The van der Waals surface area contributed by atoms with Crippen LogP contribution in [0.15, 0.2) is 36.7 Å². The first-order valence-corrected chi connectivity index (χ1v) is 14.0. The van der Waals surface area contributed by atoms with Gasteiger partial charge in [0.25, 0.3) is 0 Å². The molecule has 0 N–H and O–H groups in total. The van der Waals surface area contributed by atoms with Crippen molar-refractivity contribution in [2.24, 2.45) is 0 Å². The molecule has 0 radical (unpaired) electrons. The van der Waals surface area contributed by atoms with Gasteiger partial charge in [0.1, 0.15) is 5.75 Å². The lowest BCUT2D eigenvalue weighted by atomic mass is 10.1. The Hall–Kier alpha value is -2.04. The van der Waals surface area contributed by atoms with Crippen molar-refractivity contribution in [1.82, 2.24) is 9.97 Å². The maximum Gasteiger partial charge on any atom is 0.397 e. The van der Waals surface area contributed by atoms with Crippen LogP contribution in [0.2, 0.25) is 0 Å². The van der Waals surface area contributed by atoms with Crippen LogP contribution in [0.25, 0.3) is 11.4 Å². The maximum atomic E-state index is 14.2. The molecule has 2 rings (SSSR count). The molecule has 5 heteroatoms. The Kier molecular flexibility index (Phi) is 14.5. The highest BCUT2D eigenvalue weighted by Gasteiger charge is 2.30. The molecule has 2 aromatic rings. The van der Waals surface area contributed by atoms with Crippen LogP contribution in [-0.2, 0) is 6.42 Å². The normalized spacial score (nSPS) is 11.7. The molecular weight excluding hydrogens is 442 g/mol. The van der Waals surface area contributed by atoms with Crippen molar-refractivity contribution < 1.29 is 13.5 Å². The van der Waals surface area contributed by atoms with Crippen molar-refractivity contribution >= 4 is 0 Å². The summed E-state index contributed by atoms with van der Waals surface area (Å²) in [7, 11) is 0. The average molecular weight is 489 g/mol. The largest absolute Gasteiger partial charge is 0.433 e. The van der Waals surface area contributed by atoms with Crippen molar-refractivity contribution in [1.29, 1.82) is 0 Å². The molecule has 3 nitrogen and oxygen atoms in total. The summed E-state index contributed by atoms with van der Waals surface area (Å²) in [6, 6.07) is 6.64. The second-order valence-corrected chi connectivity index (χ2v) is 9.77. The van der Waals surface area contributed by atoms with E-state index in [4.69, 9.17) is 4.74 Å². The predicted molar refractivity (Wildman–Crippen MR) is 142 cm³/mol. The SMILES string of the molecule is CCCCCCCCCCC(F)(F)Oc1ccc(-c2ncc(CCCCCCCCC)cn2)cc1. The van der Waals surface area contributed by atoms with Crippen LogP contribution in [0.3, 0.4) is 0 Å². The van der Waals surface area contributed by atoms with Gasteiger partial charge in [-0.15, -0.1) is 0 Å². The van der Waals surface area contributed by atoms with Crippen molar-refractivity contribution in [3.05, 3.63) is 42.2 Å². The molecule has 0 aliphatic carbocycles. The highest BCUT2D eigenvalue weighted by atomic mass is 19.3. The summed E-state index contributed by atoms with van der Waals surface area (Å²) in [6.07, 6.45) is 18.8. The molecule has 35 heavy (non-hydrogen) atoms. The van der Waals surface area contributed by atoms with E-state index in [0.717, 1.165) is 43.2 Å². The Morgan fingerprint density at radius 3 is 1.69 bits per heavy atom. The van der Waals surface area contributed by atoms with Gasteiger partial charge in [-0.05, 0) is 49.1 Å². The van der Waals surface area contributed by atoms with Gasteiger partial charge in [-0.2, -0.15) is 8.78 Å². The Bertz CT molecular complexity index is 778. The lowest BCUT2D eigenvalue weighted by molar-refractivity contribution is -0.181. The fourth-order valence-electron chi connectivity index (χ4n) is 4.28. The minimum Gasteiger partial charge on any atom is -0.433 e. The third kappa shape index (κ3) is 13.0. The van der Waals surface area contributed by atoms with Crippen LogP contribution in [0.4, 0.5) is 8.78 Å². The van der Waals surface area contributed by atoms with E-state index in [1.54, 1.807) is 24.3 Å². The minimum absolute atomic E-state index is 0.175. The zero-order chi connectivity index (χ0) is 25.2. The number of alkyl halides is 2. The monoisotopic (exact) mass is 488 g/mol. The van der Waals surface area contributed by atoms with Gasteiger partial charge in [-0.1, -0.05) is 97.3 Å².